The van der Waals surface area contributed by atoms with Gasteiger partial charge in [0.2, 0.25) is 5.91 Å². The van der Waals surface area contributed by atoms with Gasteiger partial charge in [-0.1, -0.05) is 18.6 Å². The molecule has 1 aliphatic carbocycles. The Balaban J connectivity index is 1.70. The van der Waals surface area contributed by atoms with Crippen LogP contribution in [0.4, 0.5) is 8.78 Å². The molecule has 1 amide bonds. The van der Waals surface area contributed by atoms with Gasteiger partial charge in [-0.05, 0) is 36.8 Å². The van der Waals surface area contributed by atoms with E-state index in [9.17, 15) is 18.4 Å². The van der Waals surface area contributed by atoms with E-state index >= 15 is 0 Å². The fourth-order valence-corrected chi connectivity index (χ4v) is 2.56. The minimum absolute atomic E-state index is 0.136. The summed E-state index contributed by atoms with van der Waals surface area (Å²) < 4.78 is 26.8. The second-order valence-corrected chi connectivity index (χ2v) is 5.59. The van der Waals surface area contributed by atoms with E-state index in [1.165, 1.54) is 12.1 Å². The summed E-state index contributed by atoms with van der Waals surface area (Å²) in [6, 6.07) is 4.03. The summed E-state index contributed by atoms with van der Waals surface area (Å²) in [5.74, 6) is -3.26. The number of hydrogen-bond acceptors (Lipinski definition) is 2. The van der Waals surface area contributed by atoms with Crippen LogP contribution in [0, 0.1) is 17.6 Å². The minimum atomic E-state index is -0.887. The van der Waals surface area contributed by atoms with Crippen molar-refractivity contribution in [2.24, 2.45) is 5.92 Å². The van der Waals surface area contributed by atoms with Gasteiger partial charge in [0.1, 0.15) is 0 Å². The molecule has 1 aromatic rings. The Hall–Kier alpha value is -1.98. The number of hydrogen-bond donors (Lipinski definition) is 2. The summed E-state index contributed by atoms with van der Waals surface area (Å²) in [6.07, 6.45) is 2.71. The fourth-order valence-electron chi connectivity index (χ4n) is 2.56. The Morgan fingerprint density at radius 3 is 2.73 bits per heavy atom. The van der Waals surface area contributed by atoms with Gasteiger partial charge in [-0.25, -0.2) is 8.78 Å². The Morgan fingerprint density at radius 1 is 1.23 bits per heavy atom. The third kappa shape index (κ3) is 4.26. The lowest BCUT2D eigenvalue weighted by atomic mass is 10.1. The molecule has 6 heteroatoms. The highest BCUT2D eigenvalue weighted by Crippen LogP contribution is 2.48. The maximum absolute atomic E-state index is 13.6. The standard InChI is InChI=1S/C16H19F2NO3/c17-13-6-4-5-10(15(13)18)11-9-12(11)16(22)19-8-3-1-2-7-14(20)21/h4-6,11-12H,1-3,7-9H2,(H,19,22)(H,20,21). The van der Waals surface area contributed by atoms with Gasteiger partial charge in [-0.15, -0.1) is 0 Å². The van der Waals surface area contributed by atoms with Gasteiger partial charge in [0.15, 0.2) is 11.6 Å². The lowest BCUT2D eigenvalue weighted by molar-refractivity contribution is -0.137. The molecule has 2 unspecified atom stereocenters. The van der Waals surface area contributed by atoms with Gasteiger partial charge in [-0.3, -0.25) is 9.59 Å². The van der Waals surface area contributed by atoms with Crippen LogP contribution in [0.15, 0.2) is 18.2 Å². The molecule has 22 heavy (non-hydrogen) atoms. The molecular formula is C16H19F2NO3. The molecule has 2 N–H and O–H groups in total. The Labute approximate surface area is 127 Å². The molecule has 0 saturated heterocycles. The summed E-state index contributed by atoms with van der Waals surface area (Å²) in [5, 5.41) is 11.3. The molecule has 1 fully saturated rings. The first-order chi connectivity index (χ1) is 10.5. The first kappa shape index (κ1) is 16.4. The lowest BCUT2D eigenvalue weighted by Crippen LogP contribution is -2.26. The van der Waals surface area contributed by atoms with E-state index < -0.39 is 17.6 Å². The smallest absolute Gasteiger partial charge is 0.303 e. The van der Waals surface area contributed by atoms with Crippen molar-refractivity contribution < 1.29 is 23.5 Å². The molecule has 1 aliphatic rings. The molecule has 0 heterocycles. The minimum Gasteiger partial charge on any atom is -0.481 e. The third-order valence-corrected chi connectivity index (χ3v) is 3.87. The van der Waals surface area contributed by atoms with Crippen molar-refractivity contribution in [3.8, 4) is 0 Å². The molecule has 0 aromatic heterocycles. The van der Waals surface area contributed by atoms with Crippen LogP contribution in [0.5, 0.6) is 0 Å². The van der Waals surface area contributed by atoms with Crippen LogP contribution in [0.1, 0.15) is 43.6 Å². The number of amides is 1. The topological polar surface area (TPSA) is 66.4 Å². The SMILES string of the molecule is O=C(O)CCCCCNC(=O)C1CC1c1cccc(F)c1F. The average Bonchev–Trinajstić information content (AvgIpc) is 3.25. The number of carbonyl (C=O) groups is 2. The molecule has 1 aromatic carbocycles. The zero-order chi connectivity index (χ0) is 16.1. The highest BCUT2D eigenvalue weighted by atomic mass is 19.2. The van der Waals surface area contributed by atoms with Crippen molar-refractivity contribution in [3.63, 3.8) is 0 Å². The number of benzene rings is 1. The van der Waals surface area contributed by atoms with Crippen molar-refractivity contribution >= 4 is 11.9 Å². The van der Waals surface area contributed by atoms with Gasteiger partial charge in [0, 0.05) is 18.9 Å². The maximum atomic E-state index is 13.6. The molecule has 2 atom stereocenters. The Kier molecular flexibility index (Phi) is 5.46. The summed E-state index contributed by atoms with van der Waals surface area (Å²) in [4.78, 5) is 22.2. The summed E-state index contributed by atoms with van der Waals surface area (Å²) in [7, 11) is 0. The second-order valence-electron chi connectivity index (χ2n) is 5.59. The molecule has 1 saturated carbocycles. The molecule has 120 valence electrons. The summed E-state index contributed by atoms with van der Waals surface area (Å²) in [5.41, 5.74) is 0.265. The van der Waals surface area contributed by atoms with E-state index in [1.807, 2.05) is 0 Å². The first-order valence-corrected chi connectivity index (χ1v) is 7.44. The molecule has 0 radical (unpaired) electrons. The van der Waals surface area contributed by atoms with Gasteiger partial charge >= 0.3 is 5.97 Å². The molecule has 0 bridgehead atoms. The predicted octanol–water partition coefficient (Wildman–Crippen LogP) is 2.83. The normalized spacial score (nSPS) is 19.7. The van der Waals surface area contributed by atoms with E-state index in [0.717, 1.165) is 12.5 Å². The van der Waals surface area contributed by atoms with Crippen LogP contribution in [-0.2, 0) is 9.59 Å². The summed E-state index contributed by atoms with van der Waals surface area (Å²) in [6.45, 7) is 0.479. The van der Waals surface area contributed by atoms with Crippen molar-refractivity contribution in [1.82, 2.24) is 5.32 Å². The molecule has 0 spiro atoms. The van der Waals surface area contributed by atoms with Gasteiger partial charge in [0.25, 0.3) is 0 Å². The quantitative estimate of drug-likeness (QED) is 0.726. The van der Waals surface area contributed by atoms with Crippen LogP contribution in [0.2, 0.25) is 0 Å². The number of aliphatic carboxylic acids is 1. The molecule has 4 nitrogen and oxygen atoms in total. The van der Waals surface area contributed by atoms with E-state index in [1.54, 1.807) is 0 Å². The largest absolute Gasteiger partial charge is 0.481 e. The van der Waals surface area contributed by atoms with E-state index in [2.05, 4.69) is 5.32 Å². The van der Waals surface area contributed by atoms with E-state index in [-0.39, 0.29) is 29.7 Å². The Morgan fingerprint density at radius 2 is 2.00 bits per heavy atom. The van der Waals surface area contributed by atoms with Gasteiger partial charge in [-0.2, -0.15) is 0 Å². The van der Waals surface area contributed by atoms with Crippen molar-refractivity contribution in [1.29, 1.82) is 0 Å². The van der Waals surface area contributed by atoms with Crippen LogP contribution in [0.3, 0.4) is 0 Å². The average molecular weight is 311 g/mol. The maximum Gasteiger partial charge on any atom is 0.303 e. The number of unbranched alkanes of at least 4 members (excludes halogenated alkanes) is 2. The van der Waals surface area contributed by atoms with Gasteiger partial charge < -0.3 is 10.4 Å². The van der Waals surface area contributed by atoms with Crippen molar-refractivity contribution in [3.05, 3.63) is 35.4 Å². The predicted molar refractivity (Wildman–Crippen MR) is 76.3 cm³/mol. The van der Waals surface area contributed by atoms with Crippen LogP contribution < -0.4 is 5.32 Å². The number of carbonyl (C=O) groups excluding carboxylic acids is 1. The van der Waals surface area contributed by atoms with Crippen LogP contribution >= 0.6 is 0 Å². The zero-order valence-corrected chi connectivity index (χ0v) is 12.1. The monoisotopic (exact) mass is 311 g/mol. The number of rotatable bonds is 8. The highest BCUT2D eigenvalue weighted by Gasteiger charge is 2.45. The third-order valence-electron chi connectivity index (χ3n) is 3.87. The number of carboxylic acids is 1. The number of halogens is 2. The lowest BCUT2D eigenvalue weighted by Gasteiger charge is -2.05. The van der Waals surface area contributed by atoms with Crippen LogP contribution in [-0.4, -0.2) is 23.5 Å². The number of nitrogens with one attached hydrogen (secondary N) is 1. The van der Waals surface area contributed by atoms with E-state index in [0.29, 0.717) is 25.8 Å². The molecular weight excluding hydrogens is 292 g/mol. The van der Waals surface area contributed by atoms with Crippen LogP contribution in [0.25, 0.3) is 0 Å². The highest BCUT2D eigenvalue weighted by molar-refractivity contribution is 5.82. The first-order valence-electron chi connectivity index (χ1n) is 7.44. The Bertz CT molecular complexity index is 562. The zero-order valence-electron chi connectivity index (χ0n) is 12.1. The fraction of sp³-hybridized carbons (Fsp3) is 0.500. The number of carboxylic acid groups (broad SMARTS) is 1. The second kappa shape index (κ2) is 7.33. The molecule has 2 rings (SSSR count). The molecule has 0 aliphatic heterocycles. The van der Waals surface area contributed by atoms with Crippen molar-refractivity contribution in [2.45, 2.75) is 38.0 Å². The van der Waals surface area contributed by atoms with E-state index in [4.69, 9.17) is 5.11 Å². The summed E-state index contributed by atoms with van der Waals surface area (Å²) >= 11 is 0. The van der Waals surface area contributed by atoms with Gasteiger partial charge in [0.05, 0.1) is 0 Å². The van der Waals surface area contributed by atoms with Crippen molar-refractivity contribution in [2.75, 3.05) is 6.54 Å².